The fourth-order valence-electron chi connectivity index (χ4n) is 3.24. The van der Waals surface area contributed by atoms with E-state index in [1.165, 1.54) is 46.6 Å². The van der Waals surface area contributed by atoms with Gasteiger partial charge < -0.3 is 18.9 Å². The van der Waals surface area contributed by atoms with E-state index >= 15 is 0 Å². The van der Waals surface area contributed by atoms with Crippen molar-refractivity contribution >= 4 is 12.2 Å². The number of nitrogens with zero attached hydrogens (tertiary/aromatic N) is 4. The summed E-state index contributed by atoms with van der Waals surface area (Å²) >= 11 is 0. The Kier molecular flexibility index (Phi) is 6.70. The zero-order valence-electron chi connectivity index (χ0n) is 16.6. The predicted octanol–water partition coefficient (Wildman–Crippen LogP) is 2.49. The van der Waals surface area contributed by atoms with Gasteiger partial charge in [-0.05, 0) is 5.56 Å². The molecule has 3 heterocycles. The summed E-state index contributed by atoms with van der Waals surface area (Å²) in [7, 11) is 0. The van der Waals surface area contributed by atoms with Gasteiger partial charge in [-0.1, -0.05) is 30.3 Å². The first-order chi connectivity index (χ1) is 15.2. The molecular formula is C21H22N4O6. The lowest BCUT2D eigenvalue weighted by atomic mass is 10.0. The monoisotopic (exact) mass is 426 g/mol. The first kappa shape index (κ1) is 20.8. The zero-order chi connectivity index (χ0) is 21.5. The Hall–Kier alpha value is -3.50. The Morgan fingerprint density at radius 2 is 1.74 bits per heavy atom. The molecule has 2 aromatic heterocycles. The fraction of sp³-hybridized carbons (Fsp3) is 0.333. The first-order valence-corrected chi connectivity index (χ1v) is 9.82. The molecule has 0 bridgehead atoms. The minimum atomic E-state index is -0.628. The van der Waals surface area contributed by atoms with Crippen molar-refractivity contribution in [2.24, 2.45) is 0 Å². The molecule has 1 saturated heterocycles. The van der Waals surface area contributed by atoms with Gasteiger partial charge in [0.15, 0.2) is 0 Å². The number of hydrogen-bond donors (Lipinski definition) is 0. The molecule has 1 aromatic carbocycles. The van der Waals surface area contributed by atoms with E-state index in [1.807, 2.05) is 30.3 Å². The Morgan fingerprint density at radius 3 is 2.42 bits per heavy atom. The molecule has 0 aliphatic carbocycles. The SMILES string of the molecule is O=C(OC[C@H]1OCC[C@@H](OC(=O)n2ccnc2)[C@@H]1OCc1ccccc1)n1ccnc1. The topological polar surface area (TPSA) is 107 Å². The van der Waals surface area contributed by atoms with E-state index < -0.39 is 30.5 Å². The Balaban J connectivity index is 1.44. The highest BCUT2D eigenvalue weighted by Gasteiger charge is 2.39. The molecule has 4 rings (SSSR count). The number of aromatic nitrogens is 4. The van der Waals surface area contributed by atoms with Crippen molar-refractivity contribution in [3.05, 3.63) is 73.3 Å². The first-order valence-electron chi connectivity index (χ1n) is 9.82. The van der Waals surface area contributed by atoms with Crippen molar-refractivity contribution in [1.29, 1.82) is 0 Å². The van der Waals surface area contributed by atoms with Crippen LogP contribution in [0.15, 0.2) is 67.8 Å². The molecule has 1 aliphatic rings. The molecule has 31 heavy (non-hydrogen) atoms. The summed E-state index contributed by atoms with van der Waals surface area (Å²) < 4.78 is 25.4. The summed E-state index contributed by atoms with van der Waals surface area (Å²) in [6.45, 7) is 0.565. The lowest BCUT2D eigenvalue weighted by Crippen LogP contribution is -2.50. The summed E-state index contributed by atoms with van der Waals surface area (Å²) in [5.74, 6) is 0. The number of carbonyl (C=O) groups is 2. The quantitative estimate of drug-likeness (QED) is 0.592. The highest BCUT2D eigenvalue weighted by Crippen LogP contribution is 2.23. The molecule has 3 atom stereocenters. The van der Waals surface area contributed by atoms with E-state index in [4.69, 9.17) is 18.9 Å². The van der Waals surface area contributed by atoms with Crippen LogP contribution in [0.1, 0.15) is 12.0 Å². The van der Waals surface area contributed by atoms with Crippen LogP contribution in [0.5, 0.6) is 0 Å². The molecule has 1 aliphatic heterocycles. The molecule has 162 valence electrons. The highest BCUT2D eigenvalue weighted by molar-refractivity contribution is 5.70. The smallest absolute Gasteiger partial charge is 0.419 e. The maximum absolute atomic E-state index is 12.4. The van der Waals surface area contributed by atoms with Crippen molar-refractivity contribution in [1.82, 2.24) is 19.1 Å². The molecule has 0 saturated carbocycles. The predicted molar refractivity (Wildman–Crippen MR) is 106 cm³/mol. The standard InChI is InChI=1S/C21H22N4O6/c26-20(24-9-7-22-14-24)30-13-18-19(29-12-16-4-2-1-3-5-16)17(6-11-28-18)31-21(27)25-10-8-23-15-25/h1-5,7-10,14-15,17-19H,6,11-13H2/t17-,18-,19+/m1/s1. The second-order valence-corrected chi connectivity index (χ2v) is 6.90. The Morgan fingerprint density at radius 1 is 1.03 bits per heavy atom. The van der Waals surface area contributed by atoms with Crippen LogP contribution in [0, 0.1) is 0 Å². The molecule has 10 nitrogen and oxygen atoms in total. The van der Waals surface area contributed by atoms with Crippen LogP contribution >= 0.6 is 0 Å². The van der Waals surface area contributed by atoms with E-state index in [-0.39, 0.29) is 6.61 Å². The number of benzene rings is 1. The Bertz CT molecular complexity index is 961. The van der Waals surface area contributed by atoms with Crippen LogP contribution in [0.3, 0.4) is 0 Å². The van der Waals surface area contributed by atoms with E-state index in [0.29, 0.717) is 19.6 Å². The van der Waals surface area contributed by atoms with Gasteiger partial charge in [0.05, 0.1) is 13.2 Å². The molecular weight excluding hydrogens is 404 g/mol. The van der Waals surface area contributed by atoms with Gasteiger partial charge in [0.2, 0.25) is 0 Å². The van der Waals surface area contributed by atoms with Crippen LogP contribution in [0.4, 0.5) is 9.59 Å². The fourth-order valence-corrected chi connectivity index (χ4v) is 3.24. The van der Waals surface area contributed by atoms with Crippen LogP contribution in [-0.2, 0) is 25.6 Å². The molecule has 0 radical (unpaired) electrons. The Labute approximate surface area is 178 Å². The van der Waals surface area contributed by atoms with Gasteiger partial charge in [0.25, 0.3) is 0 Å². The number of ether oxygens (including phenoxy) is 4. The maximum atomic E-state index is 12.4. The molecule has 0 N–H and O–H groups in total. The lowest BCUT2D eigenvalue weighted by molar-refractivity contribution is -0.175. The minimum Gasteiger partial charge on any atom is -0.446 e. The molecule has 0 amide bonds. The highest BCUT2D eigenvalue weighted by atomic mass is 16.6. The molecule has 3 aromatic rings. The van der Waals surface area contributed by atoms with Crippen molar-refractivity contribution in [3.63, 3.8) is 0 Å². The van der Waals surface area contributed by atoms with Crippen molar-refractivity contribution in [2.45, 2.75) is 31.3 Å². The molecule has 10 heteroatoms. The summed E-state index contributed by atoms with van der Waals surface area (Å²) in [5, 5.41) is 0. The third-order valence-corrected chi connectivity index (χ3v) is 4.81. The number of hydrogen-bond acceptors (Lipinski definition) is 8. The summed E-state index contributed by atoms with van der Waals surface area (Å²) in [6, 6.07) is 9.61. The molecule has 0 spiro atoms. The van der Waals surface area contributed by atoms with Crippen molar-refractivity contribution < 1.29 is 28.5 Å². The number of carbonyl (C=O) groups excluding carboxylic acids is 2. The average Bonchev–Trinajstić information content (AvgIpc) is 3.52. The third kappa shape index (κ3) is 5.36. The van der Waals surface area contributed by atoms with Crippen LogP contribution < -0.4 is 0 Å². The normalized spacial score (nSPS) is 20.8. The van der Waals surface area contributed by atoms with Crippen molar-refractivity contribution in [2.75, 3.05) is 13.2 Å². The van der Waals surface area contributed by atoms with Gasteiger partial charge in [-0.3, -0.25) is 0 Å². The van der Waals surface area contributed by atoms with Gasteiger partial charge in [-0.25, -0.2) is 28.7 Å². The second-order valence-electron chi connectivity index (χ2n) is 6.90. The number of rotatable bonds is 6. The van der Waals surface area contributed by atoms with E-state index in [2.05, 4.69) is 9.97 Å². The second kappa shape index (κ2) is 10.0. The van der Waals surface area contributed by atoms with Crippen LogP contribution in [-0.4, -0.2) is 62.8 Å². The molecule has 0 unspecified atom stereocenters. The third-order valence-electron chi connectivity index (χ3n) is 4.81. The van der Waals surface area contributed by atoms with Crippen LogP contribution in [0.25, 0.3) is 0 Å². The van der Waals surface area contributed by atoms with Gasteiger partial charge in [-0.15, -0.1) is 0 Å². The lowest BCUT2D eigenvalue weighted by Gasteiger charge is -2.37. The van der Waals surface area contributed by atoms with Crippen molar-refractivity contribution in [3.8, 4) is 0 Å². The van der Waals surface area contributed by atoms with Gasteiger partial charge in [0.1, 0.15) is 37.6 Å². The van der Waals surface area contributed by atoms with E-state index in [9.17, 15) is 9.59 Å². The van der Waals surface area contributed by atoms with Gasteiger partial charge >= 0.3 is 12.2 Å². The van der Waals surface area contributed by atoms with E-state index in [1.54, 1.807) is 0 Å². The van der Waals surface area contributed by atoms with Gasteiger partial charge in [-0.2, -0.15) is 0 Å². The number of imidazole rings is 2. The maximum Gasteiger partial charge on any atom is 0.419 e. The van der Waals surface area contributed by atoms with Gasteiger partial charge in [0, 0.05) is 31.2 Å². The summed E-state index contributed by atoms with van der Waals surface area (Å²) in [4.78, 5) is 32.3. The largest absolute Gasteiger partial charge is 0.446 e. The average molecular weight is 426 g/mol. The zero-order valence-corrected chi connectivity index (χ0v) is 16.6. The van der Waals surface area contributed by atoms with E-state index in [0.717, 1.165) is 5.56 Å². The van der Waals surface area contributed by atoms with Crippen LogP contribution in [0.2, 0.25) is 0 Å². The summed E-state index contributed by atoms with van der Waals surface area (Å²) in [5.41, 5.74) is 0.960. The summed E-state index contributed by atoms with van der Waals surface area (Å²) in [6.07, 6.45) is 6.18. The minimum absolute atomic E-state index is 0.0599. The molecule has 1 fully saturated rings.